The number of rotatable bonds is 7. The van der Waals surface area contributed by atoms with Gasteiger partial charge >= 0.3 is 0 Å². The lowest BCUT2D eigenvalue weighted by atomic mass is 9.90. The van der Waals surface area contributed by atoms with E-state index in [-0.39, 0.29) is 15.8 Å². The molecule has 2 heteroatoms. The minimum Gasteiger partial charge on any atom is -0.0622 e. The van der Waals surface area contributed by atoms with Gasteiger partial charge in [-0.1, -0.05) is 134 Å². The van der Waals surface area contributed by atoms with E-state index in [1.165, 1.54) is 42.5 Å². The van der Waals surface area contributed by atoms with Gasteiger partial charge in [0.1, 0.15) is 0 Å². The minimum absolute atomic E-state index is 0.353. The van der Waals surface area contributed by atoms with Crippen molar-refractivity contribution in [2.45, 2.75) is 31.3 Å². The Hall–Kier alpha value is -2.26. The maximum absolute atomic E-state index is 2.38. The third-order valence-electron chi connectivity index (χ3n) is 6.82. The molecule has 0 bridgehead atoms. The average Bonchev–Trinajstić information content (AvgIpc) is 2.90. The first-order valence-electron chi connectivity index (χ1n) is 12.2. The summed E-state index contributed by atoms with van der Waals surface area (Å²) in [5.41, 5.74) is 0.746. The molecule has 0 N–H and O–H groups in total. The summed E-state index contributed by atoms with van der Waals surface area (Å²) in [5.74, 6) is 0.761. The highest BCUT2D eigenvalue weighted by Gasteiger charge is 2.35. The zero-order valence-electron chi connectivity index (χ0n) is 19.1. The zero-order valence-corrected chi connectivity index (χ0v) is 20.9. The van der Waals surface area contributed by atoms with E-state index >= 15 is 0 Å². The molecule has 0 unspecified atom stereocenters. The lowest BCUT2D eigenvalue weighted by molar-refractivity contribution is 0.399. The van der Waals surface area contributed by atoms with Crippen molar-refractivity contribution >= 4 is 37.1 Å². The van der Waals surface area contributed by atoms with Gasteiger partial charge < -0.3 is 0 Å². The predicted molar refractivity (Wildman–Crippen MR) is 149 cm³/mol. The second kappa shape index (κ2) is 11.2. The monoisotopic (exact) mass is 466 g/mol. The van der Waals surface area contributed by atoms with Crippen molar-refractivity contribution in [2.24, 2.45) is 5.92 Å². The Balaban J connectivity index is 1.52. The second-order valence-corrected chi connectivity index (χ2v) is 13.6. The Morgan fingerprint density at radius 2 is 0.879 bits per heavy atom. The van der Waals surface area contributed by atoms with E-state index in [0.717, 1.165) is 11.6 Å². The molecular weight excluding hydrogens is 434 g/mol. The molecule has 1 aliphatic rings. The SMILES string of the molecule is c1ccc(P(C[C@@H]2CCCC[C@H]2P(c2ccccc2)c2ccccc2)c2ccccc2)cc1. The molecule has 4 aromatic carbocycles. The predicted octanol–water partition coefficient (Wildman–Crippen LogP) is 6.81. The Labute approximate surface area is 201 Å². The van der Waals surface area contributed by atoms with Gasteiger partial charge in [-0.25, -0.2) is 0 Å². The first kappa shape index (κ1) is 22.5. The Morgan fingerprint density at radius 3 is 1.33 bits per heavy atom. The summed E-state index contributed by atoms with van der Waals surface area (Å²) < 4.78 is 0. The molecule has 2 atom stereocenters. The fourth-order valence-electron chi connectivity index (χ4n) is 5.26. The quantitative estimate of drug-likeness (QED) is 0.263. The molecule has 166 valence electrons. The Kier molecular flexibility index (Phi) is 7.68. The molecule has 4 aromatic rings. The number of hydrogen-bond donors (Lipinski definition) is 0. The molecule has 1 saturated carbocycles. The van der Waals surface area contributed by atoms with E-state index in [9.17, 15) is 0 Å². The maximum atomic E-state index is 2.38. The van der Waals surface area contributed by atoms with E-state index < -0.39 is 0 Å². The largest absolute Gasteiger partial charge is 0.0622 e. The minimum atomic E-state index is -0.366. The van der Waals surface area contributed by atoms with Crippen molar-refractivity contribution in [1.29, 1.82) is 0 Å². The fourth-order valence-corrected chi connectivity index (χ4v) is 11.3. The van der Waals surface area contributed by atoms with Gasteiger partial charge in [0.25, 0.3) is 0 Å². The van der Waals surface area contributed by atoms with Crippen molar-refractivity contribution in [1.82, 2.24) is 0 Å². The van der Waals surface area contributed by atoms with Crippen LogP contribution in [-0.4, -0.2) is 11.8 Å². The summed E-state index contributed by atoms with van der Waals surface area (Å²) in [5, 5.41) is 6.12. The second-order valence-electron chi connectivity index (χ2n) is 8.93. The van der Waals surface area contributed by atoms with Gasteiger partial charge in [-0.05, 0) is 67.6 Å². The molecule has 0 saturated heterocycles. The standard InChI is InChI=1S/C31H32P2/c1-5-16-27(17-6-1)32(28-18-7-2-8-19-28)25-26-15-13-14-24-31(26)33(29-20-9-3-10-21-29)30-22-11-4-12-23-30/h1-12,16-23,26,31H,13-15,24-25H2/t26-,31+/m0/s1. The van der Waals surface area contributed by atoms with Crippen molar-refractivity contribution in [3.05, 3.63) is 121 Å². The molecule has 0 spiro atoms. The van der Waals surface area contributed by atoms with E-state index in [0.29, 0.717) is 0 Å². The van der Waals surface area contributed by atoms with Gasteiger partial charge in [0.2, 0.25) is 0 Å². The summed E-state index contributed by atoms with van der Waals surface area (Å²) in [4.78, 5) is 0. The molecule has 5 rings (SSSR count). The van der Waals surface area contributed by atoms with E-state index in [1.807, 2.05) is 0 Å². The van der Waals surface area contributed by atoms with Crippen molar-refractivity contribution < 1.29 is 0 Å². The van der Waals surface area contributed by atoms with Crippen LogP contribution >= 0.6 is 15.8 Å². The Bertz CT molecular complexity index is 1020. The van der Waals surface area contributed by atoms with Crippen molar-refractivity contribution in [3.63, 3.8) is 0 Å². The molecule has 0 radical (unpaired) electrons. The molecule has 0 heterocycles. The van der Waals surface area contributed by atoms with Crippen LogP contribution in [0.5, 0.6) is 0 Å². The summed E-state index contributed by atoms with van der Waals surface area (Å²) in [7, 11) is -0.719. The molecule has 0 aromatic heterocycles. The van der Waals surface area contributed by atoms with E-state index in [1.54, 1.807) is 10.6 Å². The summed E-state index contributed by atoms with van der Waals surface area (Å²) in [6, 6.07) is 45.3. The van der Waals surface area contributed by atoms with Gasteiger partial charge in [0.15, 0.2) is 0 Å². The van der Waals surface area contributed by atoms with Gasteiger partial charge in [-0.3, -0.25) is 0 Å². The van der Waals surface area contributed by atoms with Crippen LogP contribution in [0.15, 0.2) is 121 Å². The smallest absolute Gasteiger partial charge is 0.00969 e. The molecule has 1 aliphatic carbocycles. The lowest BCUT2D eigenvalue weighted by Gasteiger charge is -2.40. The molecular formula is C31H32P2. The van der Waals surface area contributed by atoms with E-state index in [4.69, 9.17) is 0 Å². The molecule has 1 fully saturated rings. The third-order valence-corrected chi connectivity index (χ3v) is 12.6. The van der Waals surface area contributed by atoms with Crippen LogP contribution in [-0.2, 0) is 0 Å². The maximum Gasteiger partial charge on any atom is -0.00969 e. The summed E-state index contributed by atoms with van der Waals surface area (Å²) in [6.45, 7) is 0. The number of benzene rings is 4. The van der Waals surface area contributed by atoms with Crippen LogP contribution in [0.3, 0.4) is 0 Å². The third kappa shape index (κ3) is 5.46. The lowest BCUT2D eigenvalue weighted by Crippen LogP contribution is -2.34. The van der Waals surface area contributed by atoms with Crippen molar-refractivity contribution in [2.75, 3.05) is 6.16 Å². The molecule has 0 aliphatic heterocycles. The number of hydrogen-bond acceptors (Lipinski definition) is 0. The summed E-state index contributed by atoms with van der Waals surface area (Å²) in [6.07, 6.45) is 6.76. The summed E-state index contributed by atoms with van der Waals surface area (Å²) >= 11 is 0. The highest BCUT2D eigenvalue weighted by atomic mass is 31.1. The normalized spacial score (nSPS) is 18.5. The van der Waals surface area contributed by atoms with Crippen LogP contribution < -0.4 is 21.2 Å². The topological polar surface area (TPSA) is 0 Å². The van der Waals surface area contributed by atoms with Crippen LogP contribution in [0, 0.1) is 5.92 Å². The molecule has 33 heavy (non-hydrogen) atoms. The average molecular weight is 467 g/mol. The van der Waals surface area contributed by atoms with Gasteiger partial charge in [-0.2, -0.15) is 0 Å². The highest BCUT2D eigenvalue weighted by molar-refractivity contribution is 7.74. The zero-order chi connectivity index (χ0) is 22.3. The molecule has 0 nitrogen and oxygen atoms in total. The highest BCUT2D eigenvalue weighted by Crippen LogP contribution is 2.52. The van der Waals surface area contributed by atoms with Crippen LogP contribution in [0.25, 0.3) is 0 Å². The Morgan fingerprint density at radius 1 is 0.485 bits per heavy atom. The first-order valence-corrected chi connectivity index (χ1v) is 15.1. The molecule has 0 amide bonds. The first-order chi connectivity index (χ1) is 16.4. The van der Waals surface area contributed by atoms with Gasteiger partial charge in [-0.15, -0.1) is 0 Å². The van der Waals surface area contributed by atoms with Gasteiger partial charge in [0, 0.05) is 0 Å². The fraction of sp³-hybridized carbons (Fsp3) is 0.226. The van der Waals surface area contributed by atoms with E-state index in [2.05, 4.69) is 121 Å². The van der Waals surface area contributed by atoms with Crippen molar-refractivity contribution in [3.8, 4) is 0 Å². The van der Waals surface area contributed by atoms with Crippen LogP contribution in [0.2, 0.25) is 0 Å². The van der Waals surface area contributed by atoms with Crippen LogP contribution in [0.4, 0.5) is 0 Å². The van der Waals surface area contributed by atoms with Gasteiger partial charge in [0.05, 0.1) is 0 Å². The van der Waals surface area contributed by atoms with Crippen LogP contribution in [0.1, 0.15) is 25.7 Å².